The van der Waals surface area contributed by atoms with Crippen LogP contribution >= 0.6 is 22.9 Å². The summed E-state index contributed by atoms with van der Waals surface area (Å²) in [5, 5.41) is 4.38. The zero-order valence-corrected chi connectivity index (χ0v) is 10.8. The fourth-order valence-electron chi connectivity index (χ4n) is 1.27. The van der Waals surface area contributed by atoms with E-state index in [-0.39, 0.29) is 16.4 Å². The van der Waals surface area contributed by atoms with Gasteiger partial charge in [0.1, 0.15) is 16.4 Å². The number of carbonyl (C=O) groups excluding carboxylic acids is 1. The fourth-order valence-corrected chi connectivity index (χ4v) is 2.10. The number of aromatic nitrogens is 1. The van der Waals surface area contributed by atoms with Gasteiger partial charge in [0, 0.05) is 6.20 Å². The van der Waals surface area contributed by atoms with E-state index in [0.29, 0.717) is 5.02 Å². The Morgan fingerprint density at radius 2 is 2.21 bits per heavy atom. The van der Waals surface area contributed by atoms with Gasteiger partial charge < -0.3 is 10.1 Å². The van der Waals surface area contributed by atoms with Crippen LogP contribution in [0.25, 0.3) is 0 Å². The minimum absolute atomic E-state index is 0.0528. The first-order valence-electron chi connectivity index (χ1n) is 5.01. The first kappa shape index (κ1) is 13.7. The molecule has 2 heterocycles. The molecule has 0 bridgehead atoms. The van der Waals surface area contributed by atoms with Gasteiger partial charge >= 0.3 is 6.61 Å². The third-order valence-corrected chi connectivity index (χ3v) is 3.14. The Morgan fingerprint density at radius 3 is 2.84 bits per heavy atom. The lowest BCUT2D eigenvalue weighted by Gasteiger charge is -2.06. The number of hydrogen-bond acceptors (Lipinski definition) is 4. The third kappa shape index (κ3) is 3.62. The normalized spacial score (nSPS) is 10.5. The lowest BCUT2D eigenvalue weighted by molar-refractivity contribution is -0.0498. The van der Waals surface area contributed by atoms with E-state index >= 15 is 0 Å². The number of carbonyl (C=O) groups is 1. The van der Waals surface area contributed by atoms with Crippen molar-refractivity contribution in [1.29, 1.82) is 0 Å². The molecule has 0 aliphatic heterocycles. The number of rotatable bonds is 4. The molecule has 0 saturated carbocycles. The molecule has 0 saturated heterocycles. The van der Waals surface area contributed by atoms with E-state index in [4.69, 9.17) is 11.6 Å². The topological polar surface area (TPSA) is 51.2 Å². The number of thiophene rings is 1. The Hall–Kier alpha value is -1.73. The highest BCUT2D eigenvalue weighted by atomic mass is 35.5. The predicted octanol–water partition coefficient (Wildman–Crippen LogP) is 3.65. The van der Waals surface area contributed by atoms with Gasteiger partial charge in [-0.15, -0.1) is 11.3 Å². The second-order valence-electron chi connectivity index (χ2n) is 3.31. The molecule has 1 N–H and O–H groups in total. The molecule has 0 fully saturated rings. The van der Waals surface area contributed by atoms with E-state index < -0.39 is 12.5 Å². The molecule has 8 heteroatoms. The van der Waals surface area contributed by atoms with Crippen molar-refractivity contribution in [2.24, 2.45) is 0 Å². The number of pyridine rings is 1. The summed E-state index contributed by atoms with van der Waals surface area (Å²) >= 11 is 6.65. The van der Waals surface area contributed by atoms with Crippen LogP contribution in [0.2, 0.25) is 5.02 Å². The highest BCUT2D eigenvalue weighted by Gasteiger charge is 2.17. The zero-order chi connectivity index (χ0) is 13.8. The minimum atomic E-state index is -2.98. The molecule has 0 atom stereocenters. The molecular formula is C11H7ClF2N2O2S. The summed E-state index contributed by atoms with van der Waals surface area (Å²) in [6.07, 6.45) is 1.36. The summed E-state index contributed by atoms with van der Waals surface area (Å²) in [5.41, 5.74) is 0. The third-order valence-electron chi connectivity index (χ3n) is 2.02. The molecule has 0 spiro atoms. The highest BCUT2D eigenvalue weighted by molar-refractivity contribution is 7.12. The standard InChI is InChI=1S/C11H7ClF2N2O2S/c12-6-1-2-8(15-5-6)16-10(17)9-7(3-4-19-9)18-11(13)14/h1-5,11H,(H,15,16,17). The minimum Gasteiger partial charge on any atom is -0.433 e. The first-order valence-corrected chi connectivity index (χ1v) is 6.27. The van der Waals surface area contributed by atoms with Crippen molar-refractivity contribution in [2.45, 2.75) is 6.61 Å². The molecule has 0 unspecified atom stereocenters. The molecule has 2 rings (SSSR count). The maximum Gasteiger partial charge on any atom is 0.387 e. The van der Waals surface area contributed by atoms with Crippen molar-refractivity contribution < 1.29 is 18.3 Å². The van der Waals surface area contributed by atoms with Crippen molar-refractivity contribution in [3.63, 3.8) is 0 Å². The summed E-state index contributed by atoms with van der Waals surface area (Å²) in [6, 6.07) is 4.36. The van der Waals surface area contributed by atoms with Crippen LogP contribution in [0, 0.1) is 0 Å². The summed E-state index contributed by atoms with van der Waals surface area (Å²) in [5.74, 6) is -0.460. The molecule has 2 aromatic rings. The van der Waals surface area contributed by atoms with Gasteiger partial charge in [-0.3, -0.25) is 4.79 Å². The number of anilines is 1. The van der Waals surface area contributed by atoms with Gasteiger partial charge in [-0.1, -0.05) is 11.6 Å². The van der Waals surface area contributed by atoms with Gasteiger partial charge in [0.15, 0.2) is 0 Å². The van der Waals surface area contributed by atoms with Crippen LogP contribution in [0.1, 0.15) is 9.67 Å². The van der Waals surface area contributed by atoms with Gasteiger partial charge in [0.25, 0.3) is 5.91 Å². The fraction of sp³-hybridized carbons (Fsp3) is 0.0909. The van der Waals surface area contributed by atoms with E-state index in [9.17, 15) is 13.6 Å². The van der Waals surface area contributed by atoms with E-state index in [2.05, 4.69) is 15.0 Å². The Bertz CT molecular complexity index is 574. The van der Waals surface area contributed by atoms with Crippen molar-refractivity contribution in [3.05, 3.63) is 39.7 Å². The molecule has 0 aliphatic rings. The highest BCUT2D eigenvalue weighted by Crippen LogP contribution is 2.27. The Labute approximate surface area is 116 Å². The number of nitrogens with one attached hydrogen (secondary N) is 1. The maximum atomic E-state index is 12.1. The maximum absolute atomic E-state index is 12.1. The van der Waals surface area contributed by atoms with Crippen LogP contribution in [0.4, 0.5) is 14.6 Å². The predicted molar refractivity (Wildman–Crippen MR) is 68.2 cm³/mol. The average molecular weight is 305 g/mol. The average Bonchev–Trinajstić information content (AvgIpc) is 2.79. The summed E-state index contributed by atoms with van der Waals surface area (Å²) in [4.78, 5) is 15.8. The number of amides is 1. The molecule has 0 aromatic carbocycles. The molecule has 1 amide bonds. The van der Waals surface area contributed by atoms with Crippen LogP contribution in [-0.4, -0.2) is 17.5 Å². The van der Waals surface area contributed by atoms with E-state index in [1.54, 1.807) is 6.07 Å². The lowest BCUT2D eigenvalue weighted by Crippen LogP contribution is -2.13. The number of hydrogen-bond donors (Lipinski definition) is 1. The first-order chi connectivity index (χ1) is 9.06. The summed E-state index contributed by atoms with van der Waals surface area (Å²) in [7, 11) is 0. The van der Waals surface area contributed by atoms with Gasteiger partial charge in [0.2, 0.25) is 0 Å². The molecular weight excluding hydrogens is 298 g/mol. The van der Waals surface area contributed by atoms with E-state index in [0.717, 1.165) is 11.3 Å². The van der Waals surface area contributed by atoms with Crippen molar-refractivity contribution in [3.8, 4) is 5.75 Å². The number of alkyl halides is 2. The molecule has 0 aliphatic carbocycles. The largest absolute Gasteiger partial charge is 0.433 e. The summed E-state index contributed by atoms with van der Waals surface area (Å²) in [6.45, 7) is -2.98. The quantitative estimate of drug-likeness (QED) is 0.938. The molecule has 4 nitrogen and oxygen atoms in total. The van der Waals surface area contributed by atoms with E-state index in [1.807, 2.05) is 0 Å². The van der Waals surface area contributed by atoms with Crippen LogP contribution in [0.3, 0.4) is 0 Å². The van der Waals surface area contributed by atoms with Crippen molar-refractivity contribution in [1.82, 2.24) is 4.98 Å². The summed E-state index contributed by atoms with van der Waals surface area (Å²) < 4.78 is 28.5. The van der Waals surface area contributed by atoms with Crippen LogP contribution < -0.4 is 10.1 Å². The second-order valence-corrected chi connectivity index (χ2v) is 4.66. The number of nitrogens with zero attached hydrogens (tertiary/aromatic N) is 1. The van der Waals surface area contributed by atoms with Gasteiger partial charge in [0.05, 0.1) is 5.02 Å². The number of ether oxygens (including phenoxy) is 1. The van der Waals surface area contributed by atoms with Crippen molar-refractivity contribution >= 4 is 34.7 Å². The monoisotopic (exact) mass is 304 g/mol. The molecule has 100 valence electrons. The van der Waals surface area contributed by atoms with Gasteiger partial charge in [-0.25, -0.2) is 4.98 Å². The smallest absolute Gasteiger partial charge is 0.387 e. The number of halogens is 3. The molecule has 0 radical (unpaired) electrons. The molecule has 19 heavy (non-hydrogen) atoms. The Balaban J connectivity index is 2.11. The Kier molecular flexibility index (Phi) is 4.28. The zero-order valence-electron chi connectivity index (χ0n) is 9.27. The van der Waals surface area contributed by atoms with Crippen LogP contribution in [0.15, 0.2) is 29.8 Å². The van der Waals surface area contributed by atoms with Crippen molar-refractivity contribution in [2.75, 3.05) is 5.32 Å². The lowest BCUT2D eigenvalue weighted by atomic mass is 10.4. The van der Waals surface area contributed by atoms with Crippen LogP contribution in [0.5, 0.6) is 5.75 Å². The second kappa shape index (κ2) is 5.94. The van der Waals surface area contributed by atoms with Crippen LogP contribution in [-0.2, 0) is 0 Å². The Morgan fingerprint density at radius 1 is 1.42 bits per heavy atom. The SMILES string of the molecule is O=C(Nc1ccc(Cl)cn1)c1sccc1OC(F)F. The van der Waals surface area contributed by atoms with E-state index in [1.165, 1.54) is 23.7 Å². The molecule has 2 aromatic heterocycles. The van der Waals surface area contributed by atoms with Gasteiger partial charge in [-0.05, 0) is 23.6 Å². The van der Waals surface area contributed by atoms with Gasteiger partial charge in [-0.2, -0.15) is 8.78 Å².